The fraction of sp³-hybridized carbons (Fsp3) is 0.133. The molecule has 19 heavy (non-hydrogen) atoms. The number of hydrogen-bond acceptors (Lipinski definition) is 3. The van der Waals surface area contributed by atoms with E-state index in [0.717, 1.165) is 10.5 Å². The molecule has 96 valence electrons. The van der Waals surface area contributed by atoms with Gasteiger partial charge in [-0.1, -0.05) is 24.3 Å². The maximum Gasteiger partial charge on any atom is 0.144 e. The van der Waals surface area contributed by atoms with E-state index in [2.05, 4.69) is 0 Å². The van der Waals surface area contributed by atoms with Crippen LogP contribution in [0.4, 0.5) is 4.39 Å². The first kappa shape index (κ1) is 13.6. The molecule has 0 saturated carbocycles. The molecule has 0 amide bonds. The van der Waals surface area contributed by atoms with Gasteiger partial charge in [0.2, 0.25) is 0 Å². The zero-order valence-electron chi connectivity index (χ0n) is 10.1. The van der Waals surface area contributed by atoms with Crippen LogP contribution in [0.3, 0.4) is 0 Å². The van der Waals surface area contributed by atoms with Gasteiger partial charge in [0.15, 0.2) is 0 Å². The van der Waals surface area contributed by atoms with E-state index in [4.69, 9.17) is 10.4 Å². The Morgan fingerprint density at radius 1 is 1.16 bits per heavy atom. The minimum atomic E-state index is -0.440. The molecule has 0 aliphatic carbocycles. The number of thioether (sulfide) groups is 1. The summed E-state index contributed by atoms with van der Waals surface area (Å²) in [4.78, 5) is 0.999. The van der Waals surface area contributed by atoms with E-state index in [-0.39, 0.29) is 12.2 Å². The number of rotatable bonds is 4. The van der Waals surface area contributed by atoms with Crippen molar-refractivity contribution in [2.45, 2.75) is 17.3 Å². The van der Waals surface area contributed by atoms with Gasteiger partial charge in [-0.25, -0.2) is 4.39 Å². The third kappa shape index (κ3) is 3.34. The number of aliphatic hydroxyl groups excluding tert-OH is 1. The quantitative estimate of drug-likeness (QED) is 0.867. The summed E-state index contributed by atoms with van der Waals surface area (Å²) < 4.78 is 13.8. The lowest BCUT2D eigenvalue weighted by Gasteiger charge is -2.05. The van der Waals surface area contributed by atoms with E-state index in [1.165, 1.54) is 17.8 Å². The van der Waals surface area contributed by atoms with Crippen molar-refractivity contribution in [2.24, 2.45) is 0 Å². The molecule has 0 fully saturated rings. The summed E-state index contributed by atoms with van der Waals surface area (Å²) in [7, 11) is 0. The van der Waals surface area contributed by atoms with Crippen molar-refractivity contribution in [3.63, 3.8) is 0 Å². The van der Waals surface area contributed by atoms with Crippen LogP contribution < -0.4 is 0 Å². The standard InChI is InChI=1S/C15H12FNOS/c16-15-12(8-17)2-1-3-13(15)10-19-14-6-4-11(9-18)5-7-14/h1-7,18H,9-10H2. The van der Waals surface area contributed by atoms with Crippen molar-refractivity contribution in [1.82, 2.24) is 0 Å². The van der Waals surface area contributed by atoms with Gasteiger partial charge in [0.25, 0.3) is 0 Å². The first-order valence-corrected chi connectivity index (χ1v) is 6.73. The molecule has 0 atom stereocenters. The molecule has 0 aliphatic heterocycles. The molecule has 0 aliphatic rings. The van der Waals surface area contributed by atoms with Crippen LogP contribution in [0, 0.1) is 17.1 Å². The number of hydrogen-bond donors (Lipinski definition) is 1. The average Bonchev–Trinajstić information content (AvgIpc) is 2.47. The van der Waals surface area contributed by atoms with Crippen LogP contribution in [0.1, 0.15) is 16.7 Å². The van der Waals surface area contributed by atoms with Crippen LogP contribution in [0.5, 0.6) is 0 Å². The minimum absolute atomic E-state index is 0.0176. The number of aliphatic hydroxyl groups is 1. The SMILES string of the molecule is N#Cc1cccc(CSc2ccc(CO)cc2)c1F. The summed E-state index contributed by atoms with van der Waals surface area (Å²) in [6.07, 6.45) is 0. The third-order valence-corrected chi connectivity index (χ3v) is 3.76. The number of nitriles is 1. The summed E-state index contributed by atoms with van der Waals surface area (Å²) in [5.74, 6) is 0.0318. The van der Waals surface area contributed by atoms with E-state index >= 15 is 0 Å². The van der Waals surface area contributed by atoms with E-state index in [0.29, 0.717) is 11.3 Å². The maximum absolute atomic E-state index is 13.8. The lowest BCUT2D eigenvalue weighted by Crippen LogP contribution is -1.91. The van der Waals surface area contributed by atoms with Crippen LogP contribution in [-0.4, -0.2) is 5.11 Å². The van der Waals surface area contributed by atoms with Crippen molar-refractivity contribution in [3.05, 3.63) is 65.0 Å². The zero-order valence-corrected chi connectivity index (χ0v) is 11.0. The molecule has 0 bridgehead atoms. The molecular weight excluding hydrogens is 261 g/mol. The van der Waals surface area contributed by atoms with Crippen LogP contribution in [0.25, 0.3) is 0 Å². The molecule has 0 heterocycles. The molecular formula is C15H12FNOS. The highest BCUT2D eigenvalue weighted by atomic mass is 32.2. The highest BCUT2D eigenvalue weighted by Crippen LogP contribution is 2.25. The first-order chi connectivity index (χ1) is 9.24. The Hall–Kier alpha value is -1.83. The second-order valence-electron chi connectivity index (χ2n) is 3.98. The van der Waals surface area contributed by atoms with Gasteiger partial charge in [0, 0.05) is 10.6 Å². The Kier molecular flexibility index (Phi) is 4.56. The average molecular weight is 273 g/mol. The molecule has 2 aromatic carbocycles. The Labute approximate surface area is 115 Å². The van der Waals surface area contributed by atoms with Gasteiger partial charge in [-0.3, -0.25) is 0 Å². The largest absolute Gasteiger partial charge is 0.392 e. The summed E-state index contributed by atoms with van der Waals surface area (Å²) in [5, 5.41) is 17.7. The molecule has 0 saturated heterocycles. The van der Waals surface area contributed by atoms with Crippen LogP contribution in [-0.2, 0) is 12.4 Å². The topological polar surface area (TPSA) is 44.0 Å². The van der Waals surface area contributed by atoms with Crippen molar-refractivity contribution < 1.29 is 9.50 Å². The molecule has 2 aromatic rings. The lowest BCUT2D eigenvalue weighted by atomic mass is 10.1. The second kappa shape index (κ2) is 6.37. The number of nitrogens with zero attached hydrogens (tertiary/aromatic N) is 1. The molecule has 2 rings (SSSR count). The van der Waals surface area contributed by atoms with Gasteiger partial charge < -0.3 is 5.11 Å². The number of halogens is 1. The fourth-order valence-electron chi connectivity index (χ4n) is 1.63. The minimum Gasteiger partial charge on any atom is -0.392 e. The maximum atomic E-state index is 13.8. The van der Waals surface area contributed by atoms with E-state index in [1.54, 1.807) is 12.1 Å². The Balaban J connectivity index is 2.08. The second-order valence-corrected chi connectivity index (χ2v) is 5.03. The zero-order chi connectivity index (χ0) is 13.7. The monoisotopic (exact) mass is 273 g/mol. The van der Waals surface area contributed by atoms with Crippen LogP contribution in [0.2, 0.25) is 0 Å². The predicted octanol–water partition coefficient (Wildman–Crippen LogP) is 3.48. The van der Waals surface area contributed by atoms with Gasteiger partial charge in [-0.05, 0) is 29.3 Å². The normalized spacial score (nSPS) is 10.2. The predicted molar refractivity (Wildman–Crippen MR) is 73.0 cm³/mol. The Morgan fingerprint density at radius 3 is 2.53 bits per heavy atom. The molecule has 1 N–H and O–H groups in total. The van der Waals surface area contributed by atoms with Crippen molar-refractivity contribution in [3.8, 4) is 6.07 Å². The van der Waals surface area contributed by atoms with Crippen LogP contribution in [0.15, 0.2) is 47.4 Å². The van der Waals surface area contributed by atoms with Gasteiger partial charge in [0.1, 0.15) is 11.9 Å². The summed E-state index contributed by atoms with van der Waals surface area (Å²) in [5.41, 5.74) is 1.45. The fourth-order valence-corrected chi connectivity index (χ4v) is 2.50. The van der Waals surface area contributed by atoms with Gasteiger partial charge in [-0.15, -0.1) is 11.8 Å². The van der Waals surface area contributed by atoms with E-state index in [1.807, 2.05) is 30.3 Å². The third-order valence-electron chi connectivity index (χ3n) is 2.70. The molecule has 0 aromatic heterocycles. The summed E-state index contributed by atoms with van der Waals surface area (Å²) in [6, 6.07) is 14.1. The van der Waals surface area contributed by atoms with Crippen molar-refractivity contribution in [2.75, 3.05) is 0 Å². The lowest BCUT2D eigenvalue weighted by molar-refractivity contribution is 0.282. The molecule has 0 unspecified atom stereocenters. The van der Waals surface area contributed by atoms with Gasteiger partial charge >= 0.3 is 0 Å². The smallest absolute Gasteiger partial charge is 0.144 e. The van der Waals surface area contributed by atoms with E-state index in [9.17, 15) is 4.39 Å². The van der Waals surface area contributed by atoms with E-state index < -0.39 is 5.82 Å². The summed E-state index contributed by atoms with van der Waals surface area (Å²) >= 11 is 1.50. The van der Waals surface area contributed by atoms with Gasteiger partial charge in [0.05, 0.1) is 12.2 Å². The van der Waals surface area contributed by atoms with Crippen molar-refractivity contribution >= 4 is 11.8 Å². The Bertz CT molecular complexity index is 605. The first-order valence-electron chi connectivity index (χ1n) is 5.74. The highest BCUT2D eigenvalue weighted by molar-refractivity contribution is 7.98. The molecule has 2 nitrogen and oxygen atoms in total. The highest BCUT2D eigenvalue weighted by Gasteiger charge is 2.07. The molecule has 0 radical (unpaired) electrons. The van der Waals surface area contributed by atoms with Crippen molar-refractivity contribution in [1.29, 1.82) is 5.26 Å². The molecule has 0 spiro atoms. The van der Waals surface area contributed by atoms with Gasteiger partial charge in [-0.2, -0.15) is 5.26 Å². The Morgan fingerprint density at radius 2 is 1.89 bits per heavy atom. The number of benzene rings is 2. The van der Waals surface area contributed by atoms with Crippen LogP contribution >= 0.6 is 11.8 Å². The molecule has 4 heteroatoms. The summed E-state index contributed by atoms with van der Waals surface area (Å²) in [6.45, 7) is 0.0176.